The number of nitrogens with zero attached hydrogens (tertiary/aromatic N) is 3. The number of hydrogen-bond acceptors (Lipinski definition) is 4. The number of carbonyl (C=O) groups excluding carboxylic acids is 1. The van der Waals surface area contributed by atoms with Gasteiger partial charge in [-0.25, -0.2) is 9.37 Å². The lowest BCUT2D eigenvalue weighted by atomic mass is 9.91. The minimum atomic E-state index is -0.826. The Labute approximate surface area is 172 Å². The minimum Gasteiger partial charge on any atom is -0.388 e. The van der Waals surface area contributed by atoms with E-state index in [1.54, 1.807) is 18.6 Å². The number of piperidine rings is 1. The fourth-order valence-electron chi connectivity index (χ4n) is 4.35. The van der Waals surface area contributed by atoms with Crippen LogP contribution in [-0.4, -0.2) is 55.6 Å². The summed E-state index contributed by atoms with van der Waals surface area (Å²) in [5.74, 6) is -0.399. The van der Waals surface area contributed by atoms with Gasteiger partial charge >= 0.3 is 0 Å². The van der Waals surface area contributed by atoms with Gasteiger partial charge in [-0.05, 0) is 43.2 Å². The number of ketones is 1. The Morgan fingerprint density at radius 3 is 2.83 bits per heavy atom. The second-order valence-corrected chi connectivity index (χ2v) is 8.18. The molecule has 1 fully saturated rings. The average molecular weight is 406 g/mol. The summed E-state index contributed by atoms with van der Waals surface area (Å²) >= 11 is 0. The van der Waals surface area contributed by atoms with Crippen LogP contribution in [0.15, 0.2) is 55.0 Å². The Bertz CT molecular complexity index is 1220. The molecular weight excluding hydrogens is 383 g/mol. The number of aromatic nitrogens is 3. The van der Waals surface area contributed by atoms with Crippen molar-refractivity contribution in [2.24, 2.45) is 0 Å². The highest BCUT2D eigenvalue weighted by atomic mass is 19.1. The van der Waals surface area contributed by atoms with Gasteiger partial charge in [0.1, 0.15) is 5.82 Å². The lowest BCUT2D eigenvalue weighted by Crippen LogP contribution is -2.48. The average Bonchev–Trinajstić information content (AvgIpc) is 3.34. The number of imidazole rings is 1. The smallest absolute Gasteiger partial charge is 0.178 e. The maximum atomic E-state index is 13.6. The summed E-state index contributed by atoms with van der Waals surface area (Å²) in [6, 6.07) is 12.3. The molecule has 7 heteroatoms. The van der Waals surface area contributed by atoms with E-state index in [1.807, 2.05) is 28.8 Å². The number of aromatic amines is 1. The van der Waals surface area contributed by atoms with E-state index in [4.69, 9.17) is 0 Å². The highest BCUT2D eigenvalue weighted by Gasteiger charge is 2.33. The molecule has 2 N–H and O–H groups in total. The van der Waals surface area contributed by atoms with Crippen molar-refractivity contribution < 1.29 is 14.3 Å². The quantitative estimate of drug-likeness (QED) is 0.499. The van der Waals surface area contributed by atoms with E-state index in [1.165, 1.54) is 12.1 Å². The summed E-state index contributed by atoms with van der Waals surface area (Å²) in [5.41, 5.74) is 2.36. The standard InChI is InChI=1S/C23H23FN4O2/c24-16-5-6-19-17(11-16)18(12-25-19)22(29)13-27-9-7-23(30,8-10-27)14-28-15-26-20-3-1-2-4-21(20)28/h1-6,11-12,15,25,30H,7-10,13-14H2. The summed E-state index contributed by atoms with van der Waals surface area (Å²) in [4.78, 5) is 22.3. The predicted octanol–water partition coefficient (Wildman–Crippen LogP) is 3.37. The van der Waals surface area contributed by atoms with Crippen LogP contribution >= 0.6 is 0 Å². The van der Waals surface area contributed by atoms with E-state index < -0.39 is 5.60 Å². The largest absolute Gasteiger partial charge is 0.388 e. The number of Topliss-reactive ketones (excluding diaryl/α,β-unsaturated/α-hetero) is 1. The monoisotopic (exact) mass is 406 g/mol. The first-order valence-electron chi connectivity index (χ1n) is 10.2. The van der Waals surface area contributed by atoms with Crippen LogP contribution in [0.5, 0.6) is 0 Å². The van der Waals surface area contributed by atoms with Gasteiger partial charge in [-0.1, -0.05) is 12.1 Å². The van der Waals surface area contributed by atoms with Crippen LogP contribution in [0.4, 0.5) is 4.39 Å². The Hall–Kier alpha value is -3.03. The molecule has 0 spiro atoms. The molecule has 2 aromatic heterocycles. The van der Waals surface area contributed by atoms with Crippen molar-refractivity contribution in [1.29, 1.82) is 0 Å². The molecule has 4 aromatic rings. The number of rotatable bonds is 5. The summed E-state index contributed by atoms with van der Waals surface area (Å²) in [7, 11) is 0. The molecule has 1 saturated heterocycles. The van der Waals surface area contributed by atoms with E-state index in [2.05, 4.69) is 14.9 Å². The number of likely N-dealkylation sites (tertiary alicyclic amines) is 1. The number of aliphatic hydroxyl groups is 1. The van der Waals surface area contributed by atoms with Gasteiger partial charge < -0.3 is 14.7 Å². The molecule has 2 aromatic carbocycles. The summed E-state index contributed by atoms with van der Waals surface area (Å²) in [6.07, 6.45) is 4.58. The predicted molar refractivity (Wildman–Crippen MR) is 113 cm³/mol. The zero-order valence-electron chi connectivity index (χ0n) is 16.5. The highest BCUT2D eigenvalue weighted by Crippen LogP contribution is 2.27. The molecule has 154 valence electrons. The zero-order chi connectivity index (χ0) is 20.7. The summed E-state index contributed by atoms with van der Waals surface area (Å²) in [5, 5.41) is 11.7. The van der Waals surface area contributed by atoms with Gasteiger partial charge in [-0.2, -0.15) is 0 Å². The molecule has 0 radical (unpaired) electrons. The molecule has 0 amide bonds. The third-order valence-electron chi connectivity index (χ3n) is 6.09. The fraction of sp³-hybridized carbons (Fsp3) is 0.304. The van der Waals surface area contributed by atoms with Crippen molar-refractivity contribution in [1.82, 2.24) is 19.4 Å². The Balaban J connectivity index is 1.24. The Morgan fingerprint density at radius 2 is 2.00 bits per heavy atom. The van der Waals surface area contributed by atoms with E-state index in [-0.39, 0.29) is 18.1 Å². The van der Waals surface area contributed by atoms with E-state index in [9.17, 15) is 14.3 Å². The van der Waals surface area contributed by atoms with Gasteiger partial charge in [0, 0.05) is 35.8 Å². The molecule has 0 aliphatic carbocycles. The number of benzene rings is 2. The van der Waals surface area contributed by atoms with Crippen LogP contribution in [0.25, 0.3) is 21.9 Å². The van der Waals surface area contributed by atoms with E-state index >= 15 is 0 Å². The van der Waals surface area contributed by atoms with Gasteiger partial charge in [0.15, 0.2) is 5.78 Å². The second kappa shape index (κ2) is 7.34. The van der Waals surface area contributed by atoms with Crippen molar-refractivity contribution in [2.45, 2.75) is 25.0 Å². The van der Waals surface area contributed by atoms with E-state index in [0.29, 0.717) is 43.4 Å². The summed E-state index contributed by atoms with van der Waals surface area (Å²) in [6.45, 7) is 2.00. The molecule has 1 aliphatic heterocycles. The summed E-state index contributed by atoms with van der Waals surface area (Å²) < 4.78 is 15.6. The van der Waals surface area contributed by atoms with Crippen LogP contribution in [0, 0.1) is 5.82 Å². The molecule has 5 rings (SSSR count). The molecule has 1 aliphatic rings. The Morgan fingerprint density at radius 1 is 1.20 bits per heavy atom. The van der Waals surface area contributed by atoms with Crippen molar-refractivity contribution in [2.75, 3.05) is 19.6 Å². The molecular formula is C23H23FN4O2. The molecule has 0 saturated carbocycles. The molecule has 30 heavy (non-hydrogen) atoms. The van der Waals surface area contributed by atoms with Crippen LogP contribution in [-0.2, 0) is 6.54 Å². The second-order valence-electron chi connectivity index (χ2n) is 8.18. The lowest BCUT2D eigenvalue weighted by Gasteiger charge is -2.38. The SMILES string of the molecule is O=C(CN1CCC(O)(Cn2cnc3ccccc32)CC1)c1c[nH]c2ccc(F)cc12. The van der Waals surface area contributed by atoms with Gasteiger partial charge in [-0.15, -0.1) is 0 Å². The number of carbonyl (C=O) groups is 1. The highest BCUT2D eigenvalue weighted by molar-refractivity contribution is 6.08. The lowest BCUT2D eigenvalue weighted by molar-refractivity contribution is -0.0320. The van der Waals surface area contributed by atoms with Crippen molar-refractivity contribution >= 4 is 27.7 Å². The first-order valence-corrected chi connectivity index (χ1v) is 10.2. The molecule has 0 atom stereocenters. The maximum absolute atomic E-state index is 13.6. The number of halogens is 1. The zero-order valence-corrected chi connectivity index (χ0v) is 16.5. The van der Waals surface area contributed by atoms with Crippen molar-refractivity contribution in [3.05, 3.63) is 66.4 Å². The third-order valence-corrected chi connectivity index (χ3v) is 6.09. The van der Waals surface area contributed by atoms with Crippen LogP contribution in [0.3, 0.4) is 0 Å². The van der Waals surface area contributed by atoms with Crippen LogP contribution in [0.2, 0.25) is 0 Å². The third kappa shape index (κ3) is 3.51. The number of para-hydroxylation sites is 2. The number of fused-ring (bicyclic) bond motifs is 2. The molecule has 6 nitrogen and oxygen atoms in total. The van der Waals surface area contributed by atoms with Gasteiger partial charge in [0.2, 0.25) is 0 Å². The molecule has 0 unspecified atom stereocenters. The number of hydrogen-bond donors (Lipinski definition) is 2. The van der Waals surface area contributed by atoms with Gasteiger partial charge in [0.25, 0.3) is 0 Å². The maximum Gasteiger partial charge on any atom is 0.178 e. The Kier molecular flexibility index (Phi) is 4.64. The van der Waals surface area contributed by atoms with E-state index in [0.717, 1.165) is 16.6 Å². The first kappa shape index (κ1) is 19.0. The van der Waals surface area contributed by atoms with Crippen molar-refractivity contribution in [3.8, 4) is 0 Å². The van der Waals surface area contributed by atoms with Gasteiger partial charge in [0.05, 0.1) is 36.1 Å². The van der Waals surface area contributed by atoms with Crippen LogP contribution < -0.4 is 0 Å². The number of nitrogens with one attached hydrogen (secondary N) is 1. The fourth-order valence-corrected chi connectivity index (χ4v) is 4.35. The molecule has 3 heterocycles. The number of H-pyrrole nitrogens is 1. The minimum absolute atomic E-state index is 0.0436. The van der Waals surface area contributed by atoms with Crippen molar-refractivity contribution in [3.63, 3.8) is 0 Å². The van der Waals surface area contributed by atoms with Gasteiger partial charge in [-0.3, -0.25) is 9.69 Å². The normalized spacial score (nSPS) is 17.0. The first-order chi connectivity index (χ1) is 14.5. The molecule has 0 bridgehead atoms. The van der Waals surface area contributed by atoms with Crippen LogP contribution in [0.1, 0.15) is 23.2 Å². The topological polar surface area (TPSA) is 74.2 Å².